The summed E-state index contributed by atoms with van der Waals surface area (Å²) in [5.74, 6) is 0.852. The fourth-order valence-corrected chi connectivity index (χ4v) is 1.21. The second-order valence-electron chi connectivity index (χ2n) is 3.48. The molecular formula is C9H14B2N4O3. The molecule has 4 N–H and O–H groups in total. The molecule has 0 radical (unpaired) electrons. The van der Waals surface area contributed by atoms with Gasteiger partial charge in [0.2, 0.25) is 0 Å². The van der Waals surface area contributed by atoms with Crippen LogP contribution in [0.1, 0.15) is 11.3 Å². The van der Waals surface area contributed by atoms with Crippen LogP contribution in [0.3, 0.4) is 0 Å². The van der Waals surface area contributed by atoms with E-state index in [4.69, 9.17) is 15.2 Å². The summed E-state index contributed by atoms with van der Waals surface area (Å²) in [6, 6.07) is 1.80. The first-order valence-electron chi connectivity index (χ1n) is 5.39. The van der Waals surface area contributed by atoms with Gasteiger partial charge in [-0.2, -0.15) is 0 Å². The van der Waals surface area contributed by atoms with Crippen LogP contribution >= 0.6 is 0 Å². The van der Waals surface area contributed by atoms with Crippen molar-refractivity contribution in [2.45, 2.75) is 19.9 Å². The molecule has 7 nitrogen and oxygen atoms in total. The summed E-state index contributed by atoms with van der Waals surface area (Å²) in [5, 5.41) is 12.0. The maximum atomic E-state index is 10.2. The summed E-state index contributed by atoms with van der Waals surface area (Å²) in [5.41, 5.74) is 6.29. The Labute approximate surface area is 106 Å². The molecule has 1 aromatic rings. The van der Waals surface area contributed by atoms with Crippen molar-refractivity contribution < 1.29 is 14.1 Å². The molecule has 1 rings (SSSR count). The fourth-order valence-electron chi connectivity index (χ4n) is 1.21. The van der Waals surface area contributed by atoms with Crippen molar-refractivity contribution in [3.8, 4) is 0 Å². The molecule has 1 heterocycles. The van der Waals surface area contributed by atoms with Gasteiger partial charge in [-0.3, -0.25) is 0 Å². The second kappa shape index (κ2) is 7.57. The van der Waals surface area contributed by atoms with Gasteiger partial charge < -0.3 is 0 Å². The Bertz CT molecular complexity index is 445. The van der Waals surface area contributed by atoms with Crippen LogP contribution in [0.5, 0.6) is 0 Å². The monoisotopic (exact) mass is 248 g/mol. The Hall–Kier alpha value is -1.73. The van der Waals surface area contributed by atoms with Crippen molar-refractivity contribution >= 4 is 26.3 Å². The molecule has 0 saturated heterocycles. The van der Waals surface area contributed by atoms with Crippen LogP contribution in [0.15, 0.2) is 26.6 Å². The number of guanidine groups is 1. The van der Waals surface area contributed by atoms with E-state index in [1.54, 1.807) is 12.3 Å². The van der Waals surface area contributed by atoms with Crippen molar-refractivity contribution in [1.82, 2.24) is 5.32 Å². The normalized spacial score (nSPS) is 11.6. The number of nitrogens with one attached hydrogen (secondary N) is 1. The van der Waals surface area contributed by atoms with Crippen LogP contribution in [-0.2, 0) is 17.8 Å². The van der Waals surface area contributed by atoms with E-state index in [0.717, 1.165) is 11.7 Å². The van der Waals surface area contributed by atoms with Crippen molar-refractivity contribution in [1.29, 1.82) is 0 Å². The summed E-state index contributed by atoms with van der Waals surface area (Å²) in [7, 11) is -0.371. The molecule has 0 aliphatic carbocycles. The van der Waals surface area contributed by atoms with Crippen molar-refractivity contribution in [3.63, 3.8) is 0 Å². The predicted molar refractivity (Wildman–Crippen MR) is 69.6 cm³/mol. The summed E-state index contributed by atoms with van der Waals surface area (Å²) in [6.07, 6.45) is 2.62. The zero-order valence-corrected chi connectivity index (χ0v) is 10.0. The second-order valence-corrected chi connectivity index (χ2v) is 3.48. The first kappa shape index (κ1) is 14.3. The van der Waals surface area contributed by atoms with E-state index in [-0.39, 0.29) is 5.96 Å². The van der Waals surface area contributed by atoms with E-state index >= 15 is 0 Å². The number of nitrogens with two attached hydrogens (primary N) is 1. The average Bonchev–Trinajstić information content (AvgIpc) is 2.80. The van der Waals surface area contributed by atoms with Gasteiger partial charge >= 0.3 is 105 Å². The third kappa shape index (κ3) is 5.07. The zero-order chi connectivity index (χ0) is 13.4. The SMILES string of the molecule is CB(O)N=C(N=CB=O)NCc1coc(CN)c1. The molecular weight excluding hydrogens is 234 g/mol. The minimum atomic E-state index is -0.903. The van der Waals surface area contributed by atoms with Gasteiger partial charge in [0.15, 0.2) is 0 Å². The van der Waals surface area contributed by atoms with Gasteiger partial charge in [0, 0.05) is 0 Å². The van der Waals surface area contributed by atoms with Crippen LogP contribution in [0.2, 0.25) is 6.82 Å². The number of hydrogen-bond donors (Lipinski definition) is 3. The third-order valence-corrected chi connectivity index (χ3v) is 1.93. The summed E-state index contributed by atoms with van der Waals surface area (Å²) < 4.78 is 15.3. The summed E-state index contributed by atoms with van der Waals surface area (Å²) >= 11 is 0. The van der Waals surface area contributed by atoms with Gasteiger partial charge in [-0.1, -0.05) is 0 Å². The van der Waals surface area contributed by atoms with E-state index in [9.17, 15) is 4.70 Å². The van der Waals surface area contributed by atoms with Crippen LogP contribution in [0.25, 0.3) is 0 Å². The number of nitrogens with zero attached hydrogens (tertiary/aromatic N) is 2. The molecule has 0 aliphatic rings. The molecule has 94 valence electrons. The van der Waals surface area contributed by atoms with Crippen LogP contribution in [0.4, 0.5) is 0 Å². The quantitative estimate of drug-likeness (QED) is 0.364. The number of rotatable bonds is 5. The Morgan fingerprint density at radius 3 is 3.11 bits per heavy atom. The van der Waals surface area contributed by atoms with Gasteiger partial charge in [-0.15, -0.1) is 0 Å². The average molecular weight is 248 g/mol. The Morgan fingerprint density at radius 2 is 2.56 bits per heavy atom. The maximum absolute atomic E-state index is 10.2. The Morgan fingerprint density at radius 1 is 1.78 bits per heavy atom. The Balaban J connectivity index is 2.61. The molecule has 0 unspecified atom stereocenters. The van der Waals surface area contributed by atoms with Crippen molar-refractivity contribution in [2.24, 2.45) is 15.6 Å². The van der Waals surface area contributed by atoms with Crippen LogP contribution in [0, 0.1) is 0 Å². The number of aliphatic imine (C=N–C) groups is 1. The molecule has 0 saturated carbocycles. The van der Waals surface area contributed by atoms with E-state index < -0.39 is 7.05 Å². The topological polar surface area (TPSA) is 113 Å². The van der Waals surface area contributed by atoms with E-state index in [0.29, 0.717) is 26.0 Å². The van der Waals surface area contributed by atoms with Crippen LogP contribution in [-0.4, -0.2) is 31.3 Å². The van der Waals surface area contributed by atoms with Gasteiger partial charge in [-0.05, 0) is 0 Å². The van der Waals surface area contributed by atoms with Crippen molar-refractivity contribution in [3.05, 3.63) is 23.7 Å². The standard InChI is InChI=1S/C9H14B2N4O3/c1-11(17)15-9(14-6-10-16)13-4-7-2-8(3-12)18-5-7/h2,5-6,17H,3-4,12H2,1H3,(H,13,15). The van der Waals surface area contributed by atoms with Gasteiger partial charge in [-0.25, -0.2) is 0 Å². The molecule has 0 amide bonds. The van der Waals surface area contributed by atoms with Crippen LogP contribution < -0.4 is 11.1 Å². The van der Waals surface area contributed by atoms with E-state index in [1.807, 2.05) is 0 Å². The molecule has 9 heteroatoms. The van der Waals surface area contributed by atoms with Gasteiger partial charge in [0.1, 0.15) is 0 Å². The van der Waals surface area contributed by atoms with E-state index in [2.05, 4.69) is 15.2 Å². The molecule has 0 atom stereocenters. The fraction of sp³-hybridized carbons (Fsp3) is 0.333. The molecule has 0 spiro atoms. The third-order valence-electron chi connectivity index (χ3n) is 1.93. The first-order chi connectivity index (χ1) is 8.65. The molecule has 0 fully saturated rings. The zero-order valence-electron chi connectivity index (χ0n) is 10.0. The molecule has 0 bridgehead atoms. The molecule has 0 aliphatic heterocycles. The number of furan rings is 1. The predicted octanol–water partition coefficient (Wildman–Crippen LogP) is -0.628. The molecule has 1 aromatic heterocycles. The van der Waals surface area contributed by atoms with Crippen molar-refractivity contribution in [2.75, 3.05) is 0 Å². The first-order valence-corrected chi connectivity index (χ1v) is 5.39. The van der Waals surface area contributed by atoms with Gasteiger partial charge in [0.05, 0.1) is 0 Å². The summed E-state index contributed by atoms with van der Waals surface area (Å²) in [4.78, 5) is 7.56. The summed E-state index contributed by atoms with van der Waals surface area (Å²) in [6.45, 7) is 2.23. The minimum absolute atomic E-state index is 0.174. The molecule has 0 aromatic carbocycles. The Kier molecular flexibility index (Phi) is 6.03. The van der Waals surface area contributed by atoms with E-state index in [1.165, 1.54) is 6.82 Å². The number of hydrogen-bond acceptors (Lipinski definition) is 5. The molecule has 18 heavy (non-hydrogen) atoms. The van der Waals surface area contributed by atoms with Gasteiger partial charge in [0.25, 0.3) is 0 Å².